The Morgan fingerprint density at radius 2 is 2.19 bits per heavy atom. The van der Waals surface area contributed by atoms with Crippen molar-refractivity contribution in [1.29, 1.82) is 0 Å². The summed E-state index contributed by atoms with van der Waals surface area (Å²) in [7, 11) is 0. The average molecular weight is 237 g/mol. The van der Waals surface area contributed by atoms with E-state index in [1.165, 1.54) is 36.3 Å². The Morgan fingerprint density at radius 3 is 2.94 bits per heavy atom. The van der Waals surface area contributed by atoms with Crippen LogP contribution in [0.2, 0.25) is 0 Å². The lowest BCUT2D eigenvalue weighted by molar-refractivity contribution is 0.426. The van der Waals surface area contributed by atoms with Crippen LogP contribution in [0.4, 0.5) is 0 Å². The lowest BCUT2D eigenvalue weighted by atomic mass is 10.0. The monoisotopic (exact) mass is 237 g/mol. The molecule has 4 heteroatoms. The summed E-state index contributed by atoms with van der Waals surface area (Å²) in [4.78, 5) is 0. The van der Waals surface area contributed by atoms with Gasteiger partial charge in [-0.1, -0.05) is 0 Å². The minimum Gasteiger partial charge on any atom is -0.316 e. The van der Waals surface area contributed by atoms with E-state index in [4.69, 9.17) is 0 Å². The molecular formula is C12H19N3S. The molecule has 3 rings (SSSR count). The molecule has 1 unspecified atom stereocenters. The second-order valence-electron chi connectivity index (χ2n) is 4.79. The number of hydrogen-bond acceptors (Lipinski definition) is 3. The molecule has 0 amide bonds. The van der Waals surface area contributed by atoms with E-state index in [1.807, 2.05) is 0 Å². The molecule has 1 aromatic heterocycles. The van der Waals surface area contributed by atoms with Crippen molar-refractivity contribution < 1.29 is 0 Å². The summed E-state index contributed by atoms with van der Waals surface area (Å²) in [6.07, 6.45) is 8.22. The Bertz CT molecular complexity index is 338. The van der Waals surface area contributed by atoms with Crippen LogP contribution in [0.1, 0.15) is 36.8 Å². The van der Waals surface area contributed by atoms with E-state index in [9.17, 15) is 0 Å². The molecule has 0 spiro atoms. The second kappa shape index (κ2) is 4.80. The zero-order chi connectivity index (χ0) is 10.8. The molecule has 2 fully saturated rings. The van der Waals surface area contributed by atoms with Crippen molar-refractivity contribution in [2.45, 2.75) is 31.2 Å². The van der Waals surface area contributed by atoms with Crippen molar-refractivity contribution >= 4 is 11.8 Å². The normalized spacial score (nSPS) is 27.4. The molecule has 0 saturated carbocycles. The first-order valence-electron chi connectivity index (χ1n) is 6.26. The molecule has 1 atom stereocenters. The van der Waals surface area contributed by atoms with Gasteiger partial charge in [-0.25, -0.2) is 0 Å². The maximum atomic E-state index is 4.56. The van der Waals surface area contributed by atoms with E-state index in [1.54, 1.807) is 0 Å². The smallest absolute Gasteiger partial charge is 0.0535 e. The van der Waals surface area contributed by atoms with E-state index in [2.05, 4.69) is 39.3 Å². The number of thioether (sulfide) groups is 1. The predicted octanol–water partition coefficient (Wildman–Crippen LogP) is 2.03. The topological polar surface area (TPSA) is 29.9 Å². The van der Waals surface area contributed by atoms with Crippen LogP contribution in [0.15, 0.2) is 12.4 Å². The SMILES string of the molecule is c1nn(C2CCSCC2)cc1C1CCNC1. The van der Waals surface area contributed by atoms with Crippen LogP contribution in [-0.2, 0) is 0 Å². The molecule has 0 bridgehead atoms. The van der Waals surface area contributed by atoms with Gasteiger partial charge in [-0.05, 0) is 42.9 Å². The summed E-state index contributed by atoms with van der Waals surface area (Å²) in [6.45, 7) is 2.29. The molecule has 1 aromatic rings. The predicted molar refractivity (Wildman–Crippen MR) is 68.1 cm³/mol. The molecule has 3 nitrogen and oxygen atoms in total. The van der Waals surface area contributed by atoms with Crippen LogP contribution >= 0.6 is 11.8 Å². The minimum atomic E-state index is 0.657. The molecule has 3 heterocycles. The lowest BCUT2D eigenvalue weighted by Gasteiger charge is -2.21. The third kappa shape index (κ3) is 2.13. The number of nitrogens with one attached hydrogen (secondary N) is 1. The van der Waals surface area contributed by atoms with E-state index in [0.29, 0.717) is 12.0 Å². The summed E-state index contributed by atoms with van der Waals surface area (Å²) in [5.41, 5.74) is 1.43. The highest BCUT2D eigenvalue weighted by Gasteiger charge is 2.21. The van der Waals surface area contributed by atoms with Crippen molar-refractivity contribution in [1.82, 2.24) is 15.1 Å². The van der Waals surface area contributed by atoms with Crippen molar-refractivity contribution in [3.8, 4) is 0 Å². The molecule has 0 aliphatic carbocycles. The first-order chi connectivity index (χ1) is 7.93. The van der Waals surface area contributed by atoms with E-state index < -0.39 is 0 Å². The third-order valence-corrected chi connectivity index (χ3v) is 4.77. The summed E-state index contributed by atoms with van der Waals surface area (Å²) in [6, 6.07) is 0.657. The van der Waals surface area contributed by atoms with Crippen LogP contribution in [0.3, 0.4) is 0 Å². The van der Waals surface area contributed by atoms with Crippen LogP contribution in [0.25, 0.3) is 0 Å². The Morgan fingerprint density at radius 1 is 1.31 bits per heavy atom. The standard InChI is InChI=1S/C12H19N3S/c1-4-13-7-10(1)11-8-14-15(9-11)12-2-5-16-6-3-12/h8-10,12-13H,1-7H2. The zero-order valence-electron chi connectivity index (χ0n) is 9.56. The van der Waals surface area contributed by atoms with Gasteiger partial charge in [0.2, 0.25) is 0 Å². The average Bonchev–Trinajstić information content (AvgIpc) is 3.01. The van der Waals surface area contributed by atoms with Crippen molar-refractivity contribution in [3.05, 3.63) is 18.0 Å². The molecule has 2 aliphatic rings. The molecule has 16 heavy (non-hydrogen) atoms. The number of nitrogens with zero attached hydrogens (tertiary/aromatic N) is 2. The van der Waals surface area contributed by atoms with Gasteiger partial charge in [0.25, 0.3) is 0 Å². The fraction of sp³-hybridized carbons (Fsp3) is 0.750. The molecule has 1 N–H and O–H groups in total. The summed E-state index contributed by atoms with van der Waals surface area (Å²) in [5, 5.41) is 7.98. The molecule has 2 aliphatic heterocycles. The van der Waals surface area contributed by atoms with Gasteiger partial charge < -0.3 is 5.32 Å². The van der Waals surface area contributed by atoms with Crippen LogP contribution in [0.5, 0.6) is 0 Å². The zero-order valence-corrected chi connectivity index (χ0v) is 10.4. The van der Waals surface area contributed by atoms with Crippen molar-refractivity contribution in [3.63, 3.8) is 0 Å². The van der Waals surface area contributed by atoms with E-state index in [0.717, 1.165) is 13.1 Å². The summed E-state index contributed by atoms with van der Waals surface area (Å²) < 4.78 is 2.22. The fourth-order valence-corrected chi connectivity index (χ4v) is 3.73. The van der Waals surface area contributed by atoms with E-state index in [-0.39, 0.29) is 0 Å². The van der Waals surface area contributed by atoms with Gasteiger partial charge in [0.1, 0.15) is 0 Å². The molecular weight excluding hydrogens is 218 g/mol. The molecule has 2 saturated heterocycles. The van der Waals surface area contributed by atoms with Crippen LogP contribution < -0.4 is 5.32 Å². The first kappa shape index (κ1) is 10.7. The fourth-order valence-electron chi connectivity index (χ4n) is 2.65. The quantitative estimate of drug-likeness (QED) is 0.853. The Balaban J connectivity index is 1.71. The molecule has 88 valence electrons. The summed E-state index contributed by atoms with van der Waals surface area (Å²) in [5.74, 6) is 3.29. The van der Waals surface area contributed by atoms with Crippen LogP contribution in [0, 0.1) is 0 Å². The second-order valence-corrected chi connectivity index (χ2v) is 6.01. The maximum Gasteiger partial charge on any atom is 0.0535 e. The van der Waals surface area contributed by atoms with E-state index >= 15 is 0 Å². The van der Waals surface area contributed by atoms with Gasteiger partial charge in [0, 0.05) is 18.7 Å². The highest BCUT2D eigenvalue weighted by molar-refractivity contribution is 7.99. The van der Waals surface area contributed by atoms with Gasteiger partial charge >= 0.3 is 0 Å². The Kier molecular flexibility index (Phi) is 3.20. The number of rotatable bonds is 2. The molecule has 0 aromatic carbocycles. The Hall–Kier alpha value is -0.480. The van der Waals surface area contributed by atoms with Gasteiger partial charge in [-0.3, -0.25) is 4.68 Å². The minimum absolute atomic E-state index is 0.657. The number of aromatic nitrogens is 2. The van der Waals surface area contributed by atoms with Crippen molar-refractivity contribution in [2.75, 3.05) is 24.6 Å². The third-order valence-electron chi connectivity index (χ3n) is 3.72. The van der Waals surface area contributed by atoms with Gasteiger partial charge in [0.05, 0.1) is 12.2 Å². The maximum absolute atomic E-state index is 4.56. The molecule has 0 radical (unpaired) electrons. The van der Waals surface area contributed by atoms with Gasteiger partial charge in [-0.2, -0.15) is 16.9 Å². The lowest BCUT2D eigenvalue weighted by Crippen LogP contribution is -2.15. The van der Waals surface area contributed by atoms with Crippen molar-refractivity contribution in [2.24, 2.45) is 0 Å². The highest BCUT2D eigenvalue weighted by Crippen LogP contribution is 2.28. The van der Waals surface area contributed by atoms with Crippen LogP contribution in [-0.4, -0.2) is 34.4 Å². The number of hydrogen-bond donors (Lipinski definition) is 1. The first-order valence-corrected chi connectivity index (χ1v) is 7.41. The van der Waals surface area contributed by atoms with Gasteiger partial charge in [0.15, 0.2) is 0 Å². The van der Waals surface area contributed by atoms with Gasteiger partial charge in [-0.15, -0.1) is 0 Å². The Labute approximate surface area is 101 Å². The highest BCUT2D eigenvalue weighted by atomic mass is 32.2. The summed E-state index contributed by atoms with van der Waals surface area (Å²) >= 11 is 2.07. The largest absolute Gasteiger partial charge is 0.316 e.